The van der Waals surface area contributed by atoms with Gasteiger partial charge in [0.05, 0.1) is 0 Å². The molecule has 0 saturated carbocycles. The van der Waals surface area contributed by atoms with Gasteiger partial charge in [-0.2, -0.15) is 0 Å². The third-order valence-corrected chi connectivity index (χ3v) is 2.71. The first-order valence-electron chi connectivity index (χ1n) is 5.17. The van der Waals surface area contributed by atoms with Crippen LogP contribution in [0.25, 0.3) is 0 Å². The van der Waals surface area contributed by atoms with Crippen LogP contribution in [-0.2, 0) is 17.6 Å². The lowest BCUT2D eigenvalue weighted by atomic mass is 10.0. The van der Waals surface area contributed by atoms with E-state index in [1.54, 1.807) is 0 Å². The van der Waals surface area contributed by atoms with Gasteiger partial charge in [-0.15, -0.1) is 0 Å². The number of Topliss-reactive ketones (excluding diaryl/α,β-unsaturated/α-hetero) is 1. The maximum Gasteiger partial charge on any atom is 0.139 e. The predicted molar refractivity (Wildman–Crippen MR) is 57.6 cm³/mol. The summed E-state index contributed by atoms with van der Waals surface area (Å²) in [6, 6.07) is 6.21. The number of ketones is 1. The highest BCUT2D eigenvalue weighted by Crippen LogP contribution is 2.24. The van der Waals surface area contributed by atoms with Gasteiger partial charge in [-0.05, 0) is 17.5 Å². The van der Waals surface area contributed by atoms with Crippen LogP contribution in [0.2, 0.25) is 0 Å². The summed E-state index contributed by atoms with van der Waals surface area (Å²) in [5.41, 5.74) is 3.67. The average Bonchev–Trinajstić information content (AvgIpc) is 2.37. The van der Waals surface area contributed by atoms with Crippen molar-refractivity contribution in [1.82, 2.24) is 0 Å². The van der Waals surface area contributed by atoms with Gasteiger partial charge in [0.25, 0.3) is 0 Å². The maximum atomic E-state index is 11.4. The third-order valence-electron chi connectivity index (χ3n) is 2.71. The third kappa shape index (κ3) is 1.65. The van der Waals surface area contributed by atoms with Gasteiger partial charge in [-0.25, -0.2) is 0 Å². The molecule has 0 amide bonds. The summed E-state index contributed by atoms with van der Waals surface area (Å²) in [5.74, 6) is 0.338. The molecule has 2 rings (SSSR count). The van der Waals surface area contributed by atoms with Gasteiger partial charge < -0.3 is 5.32 Å². The number of fused-ring (bicyclic) bond motifs is 1. The molecule has 1 aromatic rings. The van der Waals surface area contributed by atoms with Gasteiger partial charge in [0.15, 0.2) is 0 Å². The summed E-state index contributed by atoms with van der Waals surface area (Å²) in [6.45, 7) is 2.92. The number of nitrogens with one attached hydrogen (secondary N) is 1. The number of benzene rings is 1. The second-order valence-electron chi connectivity index (χ2n) is 3.70. The van der Waals surface area contributed by atoms with Crippen molar-refractivity contribution in [2.75, 3.05) is 11.9 Å². The van der Waals surface area contributed by atoms with Crippen molar-refractivity contribution >= 4 is 11.5 Å². The molecular weight excluding hydrogens is 174 g/mol. The highest BCUT2D eigenvalue weighted by atomic mass is 16.1. The Labute approximate surface area is 84.3 Å². The van der Waals surface area contributed by atoms with Gasteiger partial charge in [0.2, 0.25) is 0 Å². The molecule has 2 heteroatoms. The molecule has 0 bridgehead atoms. The molecule has 0 fully saturated rings. The van der Waals surface area contributed by atoms with E-state index in [2.05, 4.69) is 18.3 Å². The van der Waals surface area contributed by atoms with Crippen LogP contribution in [0.5, 0.6) is 0 Å². The number of anilines is 1. The van der Waals surface area contributed by atoms with Crippen LogP contribution < -0.4 is 5.32 Å². The first-order valence-corrected chi connectivity index (χ1v) is 5.17. The summed E-state index contributed by atoms with van der Waals surface area (Å²) in [5, 5.41) is 3.35. The van der Waals surface area contributed by atoms with Crippen molar-refractivity contribution in [1.29, 1.82) is 0 Å². The van der Waals surface area contributed by atoms with Crippen molar-refractivity contribution in [3.63, 3.8) is 0 Å². The molecule has 74 valence electrons. The second kappa shape index (κ2) is 3.82. The smallest absolute Gasteiger partial charge is 0.139 e. The van der Waals surface area contributed by atoms with Gasteiger partial charge in [0, 0.05) is 25.1 Å². The zero-order chi connectivity index (χ0) is 9.97. The predicted octanol–water partition coefficient (Wildman–Crippen LogP) is 2.18. The Hall–Kier alpha value is -1.31. The van der Waals surface area contributed by atoms with Gasteiger partial charge in [-0.1, -0.05) is 25.1 Å². The van der Waals surface area contributed by atoms with Crippen LogP contribution in [-0.4, -0.2) is 12.3 Å². The average molecular weight is 189 g/mol. The molecule has 14 heavy (non-hydrogen) atoms. The molecule has 1 heterocycles. The number of para-hydroxylation sites is 1. The number of carbonyl (C=O) groups is 1. The SMILES string of the molecule is CCc1cccc2c1NCCC(=O)C2. The molecule has 1 aliphatic heterocycles. The fourth-order valence-corrected chi connectivity index (χ4v) is 1.95. The van der Waals surface area contributed by atoms with Crippen molar-refractivity contribution < 1.29 is 4.79 Å². The molecule has 0 saturated heterocycles. The fraction of sp³-hybridized carbons (Fsp3) is 0.417. The summed E-state index contributed by atoms with van der Waals surface area (Å²) >= 11 is 0. The molecule has 1 aliphatic rings. The number of rotatable bonds is 1. The Morgan fingerprint density at radius 1 is 1.43 bits per heavy atom. The largest absolute Gasteiger partial charge is 0.384 e. The molecule has 1 aromatic carbocycles. The lowest BCUT2D eigenvalue weighted by molar-refractivity contribution is -0.118. The monoisotopic (exact) mass is 189 g/mol. The van der Waals surface area contributed by atoms with Crippen molar-refractivity contribution in [2.45, 2.75) is 26.2 Å². The van der Waals surface area contributed by atoms with Crippen molar-refractivity contribution in [2.24, 2.45) is 0 Å². The van der Waals surface area contributed by atoms with E-state index >= 15 is 0 Å². The molecule has 0 spiro atoms. The minimum absolute atomic E-state index is 0.338. The van der Waals surface area contributed by atoms with E-state index in [4.69, 9.17) is 0 Å². The van der Waals surface area contributed by atoms with E-state index in [9.17, 15) is 4.79 Å². The van der Waals surface area contributed by atoms with Crippen LogP contribution in [0, 0.1) is 0 Å². The Morgan fingerprint density at radius 3 is 3.07 bits per heavy atom. The van der Waals surface area contributed by atoms with Gasteiger partial charge in [0.1, 0.15) is 5.78 Å². The lowest BCUT2D eigenvalue weighted by Gasteiger charge is -2.11. The molecule has 0 aliphatic carbocycles. The zero-order valence-corrected chi connectivity index (χ0v) is 8.47. The molecule has 0 atom stereocenters. The number of carbonyl (C=O) groups excluding carboxylic acids is 1. The number of hydrogen-bond donors (Lipinski definition) is 1. The Kier molecular flexibility index (Phi) is 2.53. The standard InChI is InChI=1S/C12H15NO/c1-2-9-4-3-5-10-8-11(14)6-7-13-12(9)10/h3-5,13H,2,6-8H2,1H3. The van der Waals surface area contributed by atoms with Crippen LogP contribution in [0.15, 0.2) is 18.2 Å². The highest BCUT2D eigenvalue weighted by molar-refractivity contribution is 5.84. The summed E-state index contributed by atoms with van der Waals surface area (Å²) in [7, 11) is 0. The summed E-state index contributed by atoms with van der Waals surface area (Å²) in [4.78, 5) is 11.4. The minimum Gasteiger partial charge on any atom is -0.384 e. The van der Waals surface area contributed by atoms with Crippen molar-refractivity contribution in [3.8, 4) is 0 Å². The molecular formula is C12H15NO. The van der Waals surface area contributed by atoms with E-state index < -0.39 is 0 Å². The Morgan fingerprint density at radius 2 is 2.29 bits per heavy atom. The maximum absolute atomic E-state index is 11.4. The van der Waals surface area contributed by atoms with Crippen molar-refractivity contribution in [3.05, 3.63) is 29.3 Å². The minimum atomic E-state index is 0.338. The van der Waals surface area contributed by atoms with Crippen LogP contribution in [0.1, 0.15) is 24.5 Å². The molecule has 2 nitrogen and oxygen atoms in total. The van der Waals surface area contributed by atoms with E-state index in [1.165, 1.54) is 11.3 Å². The molecule has 1 N–H and O–H groups in total. The van der Waals surface area contributed by atoms with E-state index in [-0.39, 0.29) is 0 Å². The fourth-order valence-electron chi connectivity index (χ4n) is 1.95. The zero-order valence-electron chi connectivity index (χ0n) is 8.47. The normalized spacial score (nSPS) is 15.6. The summed E-state index contributed by atoms with van der Waals surface area (Å²) < 4.78 is 0. The molecule has 0 unspecified atom stereocenters. The summed E-state index contributed by atoms with van der Waals surface area (Å²) in [6.07, 6.45) is 2.26. The van der Waals surface area contributed by atoms with E-state index in [1.807, 2.05) is 12.1 Å². The van der Waals surface area contributed by atoms with Crippen LogP contribution >= 0.6 is 0 Å². The first kappa shape index (κ1) is 9.25. The topological polar surface area (TPSA) is 29.1 Å². The number of hydrogen-bond acceptors (Lipinski definition) is 2. The molecule has 0 aromatic heterocycles. The Balaban J connectivity index is 2.43. The highest BCUT2D eigenvalue weighted by Gasteiger charge is 2.14. The Bertz CT molecular complexity index is 357. The van der Waals surface area contributed by atoms with Gasteiger partial charge in [-0.3, -0.25) is 4.79 Å². The van der Waals surface area contributed by atoms with Crippen LogP contribution in [0.3, 0.4) is 0 Å². The molecule has 0 radical (unpaired) electrons. The van der Waals surface area contributed by atoms with E-state index in [0.717, 1.165) is 18.5 Å². The second-order valence-corrected chi connectivity index (χ2v) is 3.70. The lowest BCUT2D eigenvalue weighted by Crippen LogP contribution is -2.04. The number of aryl methyl sites for hydroxylation is 1. The van der Waals surface area contributed by atoms with Crippen LogP contribution in [0.4, 0.5) is 5.69 Å². The quantitative estimate of drug-likeness (QED) is 0.733. The van der Waals surface area contributed by atoms with Gasteiger partial charge >= 0.3 is 0 Å². The van der Waals surface area contributed by atoms with E-state index in [0.29, 0.717) is 18.6 Å². The first-order chi connectivity index (χ1) is 6.81.